The van der Waals surface area contributed by atoms with Crippen LogP contribution in [0.4, 0.5) is 0 Å². The Morgan fingerprint density at radius 1 is 1.40 bits per heavy atom. The summed E-state index contributed by atoms with van der Waals surface area (Å²) in [5.41, 5.74) is 2.21. The first-order valence-electron chi connectivity index (χ1n) is 8.46. The van der Waals surface area contributed by atoms with Crippen LogP contribution in [0.15, 0.2) is 24.5 Å². The van der Waals surface area contributed by atoms with Crippen molar-refractivity contribution in [3.63, 3.8) is 0 Å². The van der Waals surface area contributed by atoms with Crippen molar-refractivity contribution in [2.24, 2.45) is 0 Å². The van der Waals surface area contributed by atoms with Gasteiger partial charge in [0.2, 0.25) is 5.91 Å². The Hall–Kier alpha value is -2.41. The third-order valence-corrected chi connectivity index (χ3v) is 4.58. The molecule has 3 rings (SSSR count). The van der Waals surface area contributed by atoms with E-state index in [0.29, 0.717) is 25.4 Å². The summed E-state index contributed by atoms with van der Waals surface area (Å²) in [6.45, 7) is 4.93. The highest BCUT2D eigenvalue weighted by molar-refractivity contribution is 5.77. The number of methoxy groups -OCH3 is 1. The van der Waals surface area contributed by atoms with Crippen molar-refractivity contribution in [3.05, 3.63) is 41.5 Å². The molecule has 1 amide bonds. The minimum absolute atomic E-state index is 0.0129. The van der Waals surface area contributed by atoms with Gasteiger partial charge in [-0.05, 0) is 31.0 Å². The molecule has 2 heterocycles. The molecule has 1 aromatic heterocycles. The summed E-state index contributed by atoms with van der Waals surface area (Å²) in [6.07, 6.45) is 2.50. The van der Waals surface area contributed by atoms with Gasteiger partial charge < -0.3 is 14.4 Å². The maximum Gasteiger partial charge on any atom is 0.226 e. The molecule has 2 atom stereocenters. The van der Waals surface area contributed by atoms with Crippen LogP contribution in [0.2, 0.25) is 0 Å². The molecular weight excluding hydrogens is 320 g/mol. The van der Waals surface area contributed by atoms with Crippen molar-refractivity contribution >= 4 is 5.91 Å². The fraction of sp³-hybridized carbons (Fsp3) is 0.500. The lowest BCUT2D eigenvalue weighted by Crippen LogP contribution is -2.33. The second-order valence-electron chi connectivity index (χ2n) is 6.39. The first kappa shape index (κ1) is 17.4. The van der Waals surface area contributed by atoms with E-state index >= 15 is 0 Å². The van der Waals surface area contributed by atoms with Gasteiger partial charge in [-0.2, -0.15) is 5.10 Å². The summed E-state index contributed by atoms with van der Waals surface area (Å²) in [7, 11) is 1.67. The topological polar surface area (TPSA) is 80.3 Å². The van der Waals surface area contributed by atoms with Crippen LogP contribution in [0, 0.1) is 13.8 Å². The zero-order valence-electron chi connectivity index (χ0n) is 14.9. The number of H-pyrrole nitrogens is 1. The van der Waals surface area contributed by atoms with Gasteiger partial charge in [0.25, 0.3) is 0 Å². The number of aromatic nitrogens is 3. The number of hydrogen-bond donors (Lipinski definition) is 1. The number of nitrogens with one attached hydrogen (secondary N) is 1. The highest BCUT2D eigenvalue weighted by Gasteiger charge is 2.37. The first-order valence-corrected chi connectivity index (χ1v) is 8.46. The van der Waals surface area contributed by atoms with Crippen molar-refractivity contribution in [1.29, 1.82) is 0 Å². The maximum absolute atomic E-state index is 12.7. The van der Waals surface area contributed by atoms with E-state index in [1.807, 2.05) is 32.0 Å². The second-order valence-corrected chi connectivity index (χ2v) is 6.39. The van der Waals surface area contributed by atoms with Gasteiger partial charge in [0.1, 0.15) is 17.9 Å². The Labute approximate surface area is 147 Å². The number of amides is 1. The molecule has 2 aromatic rings. The third kappa shape index (κ3) is 3.99. The lowest BCUT2D eigenvalue weighted by molar-refractivity contribution is -0.133. The molecule has 25 heavy (non-hydrogen) atoms. The monoisotopic (exact) mass is 344 g/mol. The molecule has 0 bridgehead atoms. The zero-order chi connectivity index (χ0) is 17.8. The van der Waals surface area contributed by atoms with E-state index in [9.17, 15) is 4.79 Å². The predicted octanol–water partition coefficient (Wildman–Crippen LogP) is 2.18. The SMILES string of the molecule is CO[C@@H]1C[C@@H](c2ncn[nH]2)N(C(=O)CCOc2cc(C)ccc2C)C1. The summed E-state index contributed by atoms with van der Waals surface area (Å²) in [6, 6.07) is 5.94. The summed E-state index contributed by atoms with van der Waals surface area (Å²) in [5, 5.41) is 6.75. The number of likely N-dealkylation sites (tertiary alicyclic amines) is 1. The standard InChI is InChI=1S/C18H24N4O3/c1-12-4-5-13(2)16(8-12)25-7-6-17(23)22-10-14(24-3)9-15(22)18-19-11-20-21-18/h4-5,8,11,14-15H,6-7,9-10H2,1-3H3,(H,19,20,21)/t14-,15+/m1/s1. The predicted molar refractivity (Wildman–Crippen MR) is 92.3 cm³/mol. The largest absolute Gasteiger partial charge is 0.493 e. The van der Waals surface area contributed by atoms with E-state index in [4.69, 9.17) is 9.47 Å². The second kappa shape index (κ2) is 7.65. The average Bonchev–Trinajstić information content (AvgIpc) is 3.26. The highest BCUT2D eigenvalue weighted by atomic mass is 16.5. The van der Waals surface area contributed by atoms with E-state index in [0.717, 1.165) is 23.3 Å². The summed E-state index contributed by atoms with van der Waals surface area (Å²) in [5.74, 6) is 1.56. The number of carbonyl (C=O) groups is 1. The molecule has 0 radical (unpaired) electrons. The van der Waals surface area contributed by atoms with Crippen LogP contribution in [0.5, 0.6) is 5.75 Å². The number of nitrogens with zero attached hydrogens (tertiary/aromatic N) is 3. The van der Waals surface area contributed by atoms with Gasteiger partial charge in [-0.25, -0.2) is 4.98 Å². The van der Waals surface area contributed by atoms with Crippen molar-refractivity contribution in [2.75, 3.05) is 20.3 Å². The number of carbonyl (C=O) groups excluding carboxylic acids is 1. The minimum Gasteiger partial charge on any atom is -0.493 e. The van der Waals surface area contributed by atoms with E-state index in [2.05, 4.69) is 15.2 Å². The van der Waals surface area contributed by atoms with Crippen LogP contribution in [0.1, 0.15) is 35.8 Å². The Morgan fingerprint density at radius 3 is 2.96 bits per heavy atom. The molecule has 1 aromatic carbocycles. The molecule has 1 N–H and O–H groups in total. The Bertz CT molecular complexity index is 717. The van der Waals surface area contributed by atoms with Gasteiger partial charge in [0, 0.05) is 20.1 Å². The molecule has 0 aliphatic carbocycles. The number of benzene rings is 1. The van der Waals surface area contributed by atoms with Crippen LogP contribution in [0.3, 0.4) is 0 Å². The smallest absolute Gasteiger partial charge is 0.226 e. The van der Waals surface area contributed by atoms with Crippen molar-refractivity contribution in [2.45, 2.75) is 38.8 Å². The molecule has 1 aliphatic rings. The van der Waals surface area contributed by atoms with Crippen LogP contribution < -0.4 is 4.74 Å². The lowest BCUT2D eigenvalue weighted by Gasteiger charge is -2.22. The number of hydrogen-bond acceptors (Lipinski definition) is 5. The molecule has 134 valence electrons. The van der Waals surface area contributed by atoms with Crippen LogP contribution >= 0.6 is 0 Å². The highest BCUT2D eigenvalue weighted by Crippen LogP contribution is 2.31. The van der Waals surface area contributed by atoms with E-state index in [1.54, 1.807) is 12.0 Å². The molecule has 0 unspecified atom stereocenters. The van der Waals surface area contributed by atoms with Gasteiger partial charge >= 0.3 is 0 Å². The van der Waals surface area contributed by atoms with E-state index in [-0.39, 0.29) is 18.1 Å². The van der Waals surface area contributed by atoms with Gasteiger partial charge in [-0.15, -0.1) is 0 Å². The Morgan fingerprint density at radius 2 is 2.24 bits per heavy atom. The maximum atomic E-state index is 12.7. The minimum atomic E-state index is -0.124. The Balaban J connectivity index is 1.60. The number of ether oxygens (including phenoxy) is 2. The molecule has 1 saturated heterocycles. The van der Waals surface area contributed by atoms with E-state index < -0.39 is 0 Å². The van der Waals surface area contributed by atoms with Crippen molar-refractivity contribution in [1.82, 2.24) is 20.1 Å². The quantitative estimate of drug-likeness (QED) is 0.869. The first-order chi connectivity index (χ1) is 12.1. The van der Waals surface area contributed by atoms with Crippen LogP contribution in [0.25, 0.3) is 0 Å². The molecule has 7 nitrogen and oxygen atoms in total. The van der Waals surface area contributed by atoms with Crippen LogP contribution in [-0.2, 0) is 9.53 Å². The normalized spacial score (nSPS) is 20.0. The van der Waals surface area contributed by atoms with E-state index in [1.165, 1.54) is 6.33 Å². The molecule has 1 aliphatic heterocycles. The molecule has 1 fully saturated rings. The molecule has 0 saturated carbocycles. The lowest BCUT2D eigenvalue weighted by atomic mass is 10.1. The number of aryl methyl sites for hydroxylation is 2. The average molecular weight is 344 g/mol. The van der Waals surface area contributed by atoms with Crippen molar-refractivity contribution in [3.8, 4) is 5.75 Å². The summed E-state index contributed by atoms with van der Waals surface area (Å²) in [4.78, 5) is 18.7. The summed E-state index contributed by atoms with van der Waals surface area (Å²) < 4.78 is 11.2. The fourth-order valence-electron chi connectivity index (χ4n) is 3.13. The third-order valence-electron chi connectivity index (χ3n) is 4.58. The number of aromatic amines is 1. The van der Waals surface area contributed by atoms with Crippen molar-refractivity contribution < 1.29 is 14.3 Å². The van der Waals surface area contributed by atoms with Gasteiger partial charge in [-0.1, -0.05) is 12.1 Å². The molecular formula is C18H24N4O3. The Kier molecular flexibility index (Phi) is 5.33. The fourth-order valence-corrected chi connectivity index (χ4v) is 3.13. The molecule has 0 spiro atoms. The molecule has 7 heteroatoms. The van der Waals surface area contributed by atoms with Gasteiger partial charge in [0.15, 0.2) is 0 Å². The van der Waals surface area contributed by atoms with Gasteiger partial charge in [-0.3, -0.25) is 9.89 Å². The van der Waals surface area contributed by atoms with Crippen LogP contribution in [-0.4, -0.2) is 52.4 Å². The summed E-state index contributed by atoms with van der Waals surface area (Å²) >= 11 is 0. The zero-order valence-corrected chi connectivity index (χ0v) is 14.9. The number of rotatable bonds is 6. The van der Waals surface area contributed by atoms with Gasteiger partial charge in [0.05, 0.1) is 25.2 Å².